The molecule has 0 saturated heterocycles. The Hall–Kier alpha value is -3.26. The molecule has 3 aromatic carbocycles. The van der Waals surface area contributed by atoms with Crippen molar-refractivity contribution in [2.45, 2.75) is 82.0 Å². The lowest BCUT2D eigenvalue weighted by molar-refractivity contribution is -0.150. The van der Waals surface area contributed by atoms with E-state index >= 15 is 0 Å². The lowest BCUT2D eigenvalue weighted by Crippen LogP contribution is -2.52. The third kappa shape index (κ3) is 5.90. The number of rotatable bonds is 16. The Morgan fingerprint density at radius 1 is 0.841 bits per heavy atom. The summed E-state index contributed by atoms with van der Waals surface area (Å²) in [6.07, 6.45) is 6.48. The molecule has 0 spiro atoms. The van der Waals surface area contributed by atoms with Gasteiger partial charge in [0.1, 0.15) is 23.0 Å². The van der Waals surface area contributed by atoms with Crippen LogP contribution in [-0.2, 0) is 11.2 Å². The van der Waals surface area contributed by atoms with Crippen molar-refractivity contribution < 1.29 is 29.2 Å². The number of unbranched alkanes of at least 4 members (excludes halogenated alkanes) is 5. The number of methoxy groups -OCH3 is 2. The minimum Gasteiger partial charge on any atom is -0.496 e. The first-order valence-corrected chi connectivity index (χ1v) is 16.3. The molecular formula is C37H49NO6. The van der Waals surface area contributed by atoms with E-state index in [4.69, 9.17) is 18.9 Å². The molecule has 1 aliphatic heterocycles. The van der Waals surface area contributed by atoms with Crippen LogP contribution in [0.2, 0.25) is 0 Å². The van der Waals surface area contributed by atoms with Gasteiger partial charge >= 0.3 is 0 Å². The molecule has 2 aliphatic rings. The average molecular weight is 604 g/mol. The fourth-order valence-electron chi connectivity index (χ4n) is 7.26. The summed E-state index contributed by atoms with van der Waals surface area (Å²) in [7, 11) is 3.13. The van der Waals surface area contributed by atoms with Crippen LogP contribution < -0.4 is 18.9 Å². The van der Waals surface area contributed by atoms with Gasteiger partial charge in [-0.05, 0) is 62.2 Å². The molecule has 0 aromatic heterocycles. The van der Waals surface area contributed by atoms with Gasteiger partial charge < -0.3 is 34.1 Å². The minimum atomic E-state index is -1.76. The van der Waals surface area contributed by atoms with Crippen molar-refractivity contribution in [1.82, 2.24) is 4.90 Å². The van der Waals surface area contributed by atoms with Crippen LogP contribution in [0, 0.1) is 0 Å². The third-order valence-corrected chi connectivity index (χ3v) is 9.66. The van der Waals surface area contributed by atoms with Crippen LogP contribution in [-0.4, -0.2) is 61.7 Å². The highest BCUT2D eigenvalue weighted by molar-refractivity contribution is 5.62. The summed E-state index contributed by atoms with van der Waals surface area (Å²) in [5, 5.41) is 24.2. The number of aliphatic hydroxyl groups excluding tert-OH is 1. The molecule has 4 atom stereocenters. The molecule has 1 aliphatic carbocycles. The molecule has 3 aromatic rings. The summed E-state index contributed by atoms with van der Waals surface area (Å²) in [5.41, 5.74) is -0.859. The van der Waals surface area contributed by atoms with Crippen LogP contribution in [0.15, 0.2) is 66.7 Å². The Morgan fingerprint density at radius 2 is 1.52 bits per heavy atom. The van der Waals surface area contributed by atoms with Crippen LogP contribution in [0.4, 0.5) is 0 Å². The van der Waals surface area contributed by atoms with E-state index in [1.807, 2.05) is 54.6 Å². The maximum atomic E-state index is 12.6. The number of nitrogens with zero attached hydrogens (tertiary/aromatic N) is 1. The van der Waals surface area contributed by atoms with E-state index in [2.05, 4.69) is 18.7 Å². The van der Waals surface area contributed by atoms with Gasteiger partial charge in [0.2, 0.25) is 0 Å². The SMILES string of the molecule is CCN(CC)CCCCCCCCOc1ccc([C@@]23Oc4cc(OC)cc(OC)c4[C@]2(O)[C@H](O)C[C@H]3c2ccccc2)cc1. The monoisotopic (exact) mass is 603 g/mol. The summed E-state index contributed by atoms with van der Waals surface area (Å²) in [6.45, 7) is 8.60. The van der Waals surface area contributed by atoms with Gasteiger partial charge in [-0.2, -0.15) is 0 Å². The van der Waals surface area contributed by atoms with Crippen molar-refractivity contribution in [2.24, 2.45) is 0 Å². The van der Waals surface area contributed by atoms with E-state index in [9.17, 15) is 10.2 Å². The number of hydrogen-bond donors (Lipinski definition) is 2. The zero-order valence-corrected chi connectivity index (χ0v) is 26.8. The van der Waals surface area contributed by atoms with Gasteiger partial charge in [-0.1, -0.05) is 82.0 Å². The molecule has 1 heterocycles. The Morgan fingerprint density at radius 3 is 2.18 bits per heavy atom. The van der Waals surface area contributed by atoms with E-state index in [1.54, 1.807) is 26.4 Å². The summed E-state index contributed by atoms with van der Waals surface area (Å²) in [5.74, 6) is 1.86. The van der Waals surface area contributed by atoms with E-state index in [-0.39, 0.29) is 5.92 Å². The van der Waals surface area contributed by atoms with Gasteiger partial charge in [-0.25, -0.2) is 0 Å². The molecule has 2 N–H and O–H groups in total. The van der Waals surface area contributed by atoms with E-state index in [0.717, 1.165) is 42.8 Å². The molecular weight excluding hydrogens is 554 g/mol. The van der Waals surface area contributed by atoms with Gasteiger partial charge in [-0.3, -0.25) is 0 Å². The van der Waals surface area contributed by atoms with E-state index < -0.39 is 17.3 Å². The Labute approximate surface area is 262 Å². The number of benzene rings is 3. The first-order valence-electron chi connectivity index (χ1n) is 16.3. The molecule has 7 heteroatoms. The van der Waals surface area contributed by atoms with Gasteiger partial charge in [0, 0.05) is 18.1 Å². The van der Waals surface area contributed by atoms with Crippen LogP contribution in [0.5, 0.6) is 23.0 Å². The molecule has 7 nitrogen and oxygen atoms in total. The third-order valence-electron chi connectivity index (χ3n) is 9.66. The Bertz CT molecular complexity index is 1340. The fourth-order valence-corrected chi connectivity index (χ4v) is 7.26. The van der Waals surface area contributed by atoms with Gasteiger partial charge in [0.15, 0.2) is 11.2 Å². The lowest BCUT2D eigenvalue weighted by atomic mass is 9.71. The largest absolute Gasteiger partial charge is 0.496 e. The normalized spacial score (nSPS) is 23.7. The van der Waals surface area contributed by atoms with Crippen LogP contribution in [0.3, 0.4) is 0 Å². The topological polar surface area (TPSA) is 80.6 Å². The molecule has 5 rings (SSSR count). The molecule has 238 valence electrons. The summed E-state index contributed by atoms with van der Waals surface area (Å²) in [6, 6.07) is 21.2. The molecule has 0 unspecified atom stereocenters. The highest BCUT2D eigenvalue weighted by Gasteiger charge is 2.73. The second kappa shape index (κ2) is 14.2. The average Bonchev–Trinajstić information content (AvgIpc) is 3.46. The first-order chi connectivity index (χ1) is 21.4. The predicted molar refractivity (Wildman–Crippen MR) is 173 cm³/mol. The highest BCUT2D eigenvalue weighted by atomic mass is 16.5. The second-order valence-electron chi connectivity index (χ2n) is 12.0. The maximum absolute atomic E-state index is 12.6. The molecule has 0 radical (unpaired) electrons. The standard InChI is InChI=1S/C37H49NO6/c1-5-38(6-2)22-14-9-7-8-10-15-23-43-29-20-18-28(19-21-29)37-31(27-16-12-11-13-17-27)26-34(39)36(37,40)35-32(42-4)24-30(41-3)25-33(35)44-37/h11-13,16-21,24-25,31,34,39-40H,5-10,14-15,22-23,26H2,1-4H3/t31-,34+,36+,37-/m0/s1. The van der Waals surface area contributed by atoms with Crippen LogP contribution >= 0.6 is 0 Å². The highest BCUT2D eigenvalue weighted by Crippen LogP contribution is 2.68. The number of ether oxygens (including phenoxy) is 4. The molecule has 1 saturated carbocycles. The smallest absolute Gasteiger partial charge is 0.176 e. The summed E-state index contributed by atoms with van der Waals surface area (Å²) < 4.78 is 24.2. The van der Waals surface area contributed by atoms with Gasteiger partial charge in [0.05, 0.1) is 32.5 Å². The predicted octanol–water partition coefficient (Wildman–Crippen LogP) is 6.79. The Balaban J connectivity index is 1.31. The molecule has 0 amide bonds. The van der Waals surface area contributed by atoms with Gasteiger partial charge in [0.25, 0.3) is 0 Å². The number of aliphatic hydroxyl groups is 2. The van der Waals surface area contributed by atoms with Crippen LogP contribution in [0.25, 0.3) is 0 Å². The molecule has 1 fully saturated rings. The maximum Gasteiger partial charge on any atom is 0.176 e. The van der Waals surface area contributed by atoms with Crippen molar-refractivity contribution >= 4 is 0 Å². The fraction of sp³-hybridized carbons (Fsp3) is 0.514. The van der Waals surface area contributed by atoms with Crippen molar-refractivity contribution in [2.75, 3.05) is 40.5 Å². The lowest BCUT2D eigenvalue weighted by Gasteiger charge is -2.40. The number of fused-ring (bicyclic) bond motifs is 3. The number of hydrogen-bond acceptors (Lipinski definition) is 7. The first kappa shape index (κ1) is 32.1. The van der Waals surface area contributed by atoms with Crippen molar-refractivity contribution in [1.29, 1.82) is 0 Å². The summed E-state index contributed by atoms with van der Waals surface area (Å²) in [4.78, 5) is 2.49. The molecule has 44 heavy (non-hydrogen) atoms. The van der Waals surface area contributed by atoms with Crippen molar-refractivity contribution in [3.8, 4) is 23.0 Å². The van der Waals surface area contributed by atoms with Crippen molar-refractivity contribution in [3.63, 3.8) is 0 Å². The molecule has 0 bridgehead atoms. The Kier molecular flexibility index (Phi) is 10.4. The zero-order chi connectivity index (χ0) is 31.2. The van der Waals surface area contributed by atoms with Gasteiger partial charge in [-0.15, -0.1) is 0 Å². The quantitative estimate of drug-likeness (QED) is 0.175. The van der Waals surface area contributed by atoms with Crippen LogP contribution in [0.1, 0.15) is 81.4 Å². The summed E-state index contributed by atoms with van der Waals surface area (Å²) >= 11 is 0. The minimum absolute atomic E-state index is 0.322. The van der Waals surface area contributed by atoms with E-state index in [0.29, 0.717) is 35.8 Å². The second-order valence-corrected chi connectivity index (χ2v) is 12.0. The van der Waals surface area contributed by atoms with Crippen molar-refractivity contribution in [3.05, 3.63) is 83.4 Å². The zero-order valence-electron chi connectivity index (χ0n) is 26.8. The van der Waals surface area contributed by atoms with E-state index in [1.165, 1.54) is 32.2 Å².